The van der Waals surface area contributed by atoms with E-state index in [4.69, 9.17) is 4.74 Å². The number of piperazine rings is 1. The van der Waals surface area contributed by atoms with Crippen LogP contribution in [0.5, 0.6) is 5.75 Å². The Bertz CT molecular complexity index is 470. The molecule has 1 N–H and O–H groups in total. The average Bonchev–Trinajstić information content (AvgIpc) is 2.39. The van der Waals surface area contributed by atoms with Crippen molar-refractivity contribution in [1.82, 2.24) is 10.2 Å². The van der Waals surface area contributed by atoms with Crippen LogP contribution >= 0.6 is 28.3 Å². The Hall–Kier alpha value is -0.780. The topological polar surface area (TPSA) is 41.6 Å². The van der Waals surface area contributed by atoms with Gasteiger partial charge in [-0.05, 0) is 40.5 Å². The smallest absolute Gasteiger partial charge is 0.227 e. The summed E-state index contributed by atoms with van der Waals surface area (Å²) in [5.41, 5.74) is 1.00. The van der Waals surface area contributed by atoms with Gasteiger partial charge in [0.15, 0.2) is 0 Å². The summed E-state index contributed by atoms with van der Waals surface area (Å²) in [6.07, 6.45) is 0.440. The molecule has 1 unspecified atom stereocenters. The van der Waals surface area contributed by atoms with E-state index in [-0.39, 0.29) is 18.3 Å². The minimum atomic E-state index is 0. The van der Waals surface area contributed by atoms with Gasteiger partial charge >= 0.3 is 0 Å². The number of ether oxygens (including phenoxy) is 1. The number of benzene rings is 1. The van der Waals surface area contributed by atoms with Gasteiger partial charge in [-0.2, -0.15) is 0 Å². The van der Waals surface area contributed by atoms with Crippen molar-refractivity contribution in [2.75, 3.05) is 26.7 Å². The number of methoxy groups -OCH3 is 1. The molecule has 0 aromatic heterocycles. The summed E-state index contributed by atoms with van der Waals surface area (Å²) < 4.78 is 6.07. The van der Waals surface area contributed by atoms with Gasteiger partial charge in [0.05, 0.1) is 18.0 Å². The Balaban J connectivity index is 0.00000200. The molecule has 1 amide bonds. The van der Waals surface area contributed by atoms with Crippen LogP contribution in [0, 0.1) is 0 Å². The van der Waals surface area contributed by atoms with Crippen LogP contribution in [-0.4, -0.2) is 43.6 Å². The molecule has 0 aliphatic carbocycles. The zero-order valence-corrected chi connectivity index (χ0v) is 14.1. The van der Waals surface area contributed by atoms with Crippen molar-refractivity contribution in [3.8, 4) is 5.75 Å². The fourth-order valence-electron chi connectivity index (χ4n) is 2.27. The van der Waals surface area contributed by atoms with Gasteiger partial charge in [-0.3, -0.25) is 4.79 Å². The van der Waals surface area contributed by atoms with Gasteiger partial charge in [-0.15, -0.1) is 12.4 Å². The second kappa shape index (κ2) is 7.86. The van der Waals surface area contributed by atoms with E-state index in [1.165, 1.54) is 0 Å². The molecule has 1 aliphatic heterocycles. The standard InChI is InChI=1S/C14H19BrN2O2.ClH/c1-10-9-17(6-5-16-10)14(18)8-11-3-4-13(19-2)12(15)7-11;/h3-4,7,10,16H,5-6,8-9H2,1-2H3;1H. The van der Waals surface area contributed by atoms with E-state index < -0.39 is 0 Å². The Kier molecular flexibility index (Phi) is 6.79. The molecule has 1 atom stereocenters. The van der Waals surface area contributed by atoms with Crippen molar-refractivity contribution in [2.24, 2.45) is 0 Å². The van der Waals surface area contributed by atoms with Crippen LogP contribution in [0.2, 0.25) is 0 Å². The third-order valence-corrected chi connectivity index (χ3v) is 3.91. The first-order valence-electron chi connectivity index (χ1n) is 6.43. The van der Waals surface area contributed by atoms with Gasteiger partial charge in [0.25, 0.3) is 0 Å². The summed E-state index contributed by atoms with van der Waals surface area (Å²) in [7, 11) is 1.63. The monoisotopic (exact) mass is 362 g/mol. The van der Waals surface area contributed by atoms with Gasteiger partial charge in [-0.1, -0.05) is 6.07 Å². The van der Waals surface area contributed by atoms with Crippen LogP contribution in [0.4, 0.5) is 0 Å². The molecule has 1 aliphatic rings. The normalized spacial score (nSPS) is 18.4. The lowest BCUT2D eigenvalue weighted by Gasteiger charge is -2.32. The molecular formula is C14H20BrClN2O2. The van der Waals surface area contributed by atoms with Crippen molar-refractivity contribution >= 4 is 34.2 Å². The van der Waals surface area contributed by atoms with Gasteiger partial charge in [0, 0.05) is 25.7 Å². The minimum absolute atomic E-state index is 0. The Morgan fingerprint density at radius 3 is 2.90 bits per heavy atom. The summed E-state index contributed by atoms with van der Waals surface area (Å²) in [6.45, 7) is 4.55. The summed E-state index contributed by atoms with van der Waals surface area (Å²) in [5.74, 6) is 0.970. The summed E-state index contributed by atoms with van der Waals surface area (Å²) in [5, 5.41) is 3.34. The zero-order valence-electron chi connectivity index (χ0n) is 11.7. The number of carbonyl (C=O) groups is 1. The SMILES string of the molecule is COc1ccc(CC(=O)N2CCNC(C)C2)cc1Br.Cl. The van der Waals surface area contributed by atoms with Gasteiger partial charge < -0.3 is 15.0 Å². The first-order chi connectivity index (χ1) is 9.10. The highest BCUT2D eigenvalue weighted by molar-refractivity contribution is 9.10. The van der Waals surface area contributed by atoms with Crippen LogP contribution in [-0.2, 0) is 11.2 Å². The number of nitrogens with one attached hydrogen (secondary N) is 1. The van der Waals surface area contributed by atoms with Crippen molar-refractivity contribution < 1.29 is 9.53 Å². The maximum absolute atomic E-state index is 12.2. The molecule has 0 spiro atoms. The molecule has 20 heavy (non-hydrogen) atoms. The van der Waals surface area contributed by atoms with E-state index in [9.17, 15) is 4.79 Å². The van der Waals surface area contributed by atoms with Crippen molar-refractivity contribution in [2.45, 2.75) is 19.4 Å². The fourth-order valence-corrected chi connectivity index (χ4v) is 2.85. The van der Waals surface area contributed by atoms with Gasteiger partial charge in [0.1, 0.15) is 5.75 Å². The molecule has 4 nitrogen and oxygen atoms in total. The van der Waals surface area contributed by atoms with Crippen LogP contribution in [0.1, 0.15) is 12.5 Å². The number of carbonyl (C=O) groups excluding carboxylic acids is 1. The molecule has 6 heteroatoms. The Morgan fingerprint density at radius 1 is 1.55 bits per heavy atom. The highest BCUT2D eigenvalue weighted by Crippen LogP contribution is 2.25. The first-order valence-corrected chi connectivity index (χ1v) is 7.23. The lowest BCUT2D eigenvalue weighted by atomic mass is 10.1. The van der Waals surface area contributed by atoms with E-state index in [0.717, 1.165) is 35.4 Å². The third-order valence-electron chi connectivity index (χ3n) is 3.29. The summed E-state index contributed by atoms with van der Waals surface area (Å²) in [4.78, 5) is 14.2. The fraction of sp³-hybridized carbons (Fsp3) is 0.500. The van der Waals surface area contributed by atoms with Gasteiger partial charge in [0.2, 0.25) is 5.91 Å². The van der Waals surface area contributed by atoms with E-state index in [1.54, 1.807) is 7.11 Å². The third kappa shape index (κ3) is 4.36. The molecule has 2 rings (SSSR count). The van der Waals surface area contributed by atoms with Crippen molar-refractivity contribution in [1.29, 1.82) is 0 Å². The lowest BCUT2D eigenvalue weighted by Crippen LogP contribution is -2.51. The molecule has 1 aromatic rings. The first kappa shape index (κ1) is 17.3. The number of amides is 1. The number of halogens is 2. The highest BCUT2D eigenvalue weighted by Gasteiger charge is 2.20. The zero-order chi connectivity index (χ0) is 13.8. The molecule has 1 saturated heterocycles. The van der Waals surface area contributed by atoms with E-state index in [2.05, 4.69) is 28.2 Å². The maximum atomic E-state index is 12.2. The molecule has 1 fully saturated rings. The average molecular weight is 364 g/mol. The Morgan fingerprint density at radius 2 is 2.30 bits per heavy atom. The summed E-state index contributed by atoms with van der Waals surface area (Å²) in [6, 6.07) is 6.14. The lowest BCUT2D eigenvalue weighted by molar-refractivity contribution is -0.131. The van der Waals surface area contributed by atoms with Crippen LogP contribution in [0.25, 0.3) is 0 Å². The van der Waals surface area contributed by atoms with E-state index in [0.29, 0.717) is 12.5 Å². The molecular weight excluding hydrogens is 344 g/mol. The second-order valence-electron chi connectivity index (χ2n) is 4.84. The predicted molar refractivity (Wildman–Crippen MR) is 85.7 cm³/mol. The molecule has 0 bridgehead atoms. The largest absolute Gasteiger partial charge is 0.496 e. The maximum Gasteiger partial charge on any atom is 0.227 e. The molecule has 0 radical (unpaired) electrons. The molecule has 1 heterocycles. The quantitative estimate of drug-likeness (QED) is 0.895. The van der Waals surface area contributed by atoms with Crippen LogP contribution < -0.4 is 10.1 Å². The Labute approximate surface area is 134 Å². The van der Waals surface area contributed by atoms with Gasteiger partial charge in [-0.25, -0.2) is 0 Å². The van der Waals surface area contributed by atoms with Crippen LogP contribution in [0.3, 0.4) is 0 Å². The van der Waals surface area contributed by atoms with Crippen molar-refractivity contribution in [3.05, 3.63) is 28.2 Å². The molecule has 0 saturated carbocycles. The number of rotatable bonds is 3. The highest BCUT2D eigenvalue weighted by atomic mass is 79.9. The molecule has 112 valence electrons. The number of nitrogens with zero attached hydrogens (tertiary/aromatic N) is 1. The summed E-state index contributed by atoms with van der Waals surface area (Å²) >= 11 is 3.44. The number of hydrogen-bond acceptors (Lipinski definition) is 3. The second-order valence-corrected chi connectivity index (χ2v) is 5.69. The van der Waals surface area contributed by atoms with Crippen LogP contribution in [0.15, 0.2) is 22.7 Å². The predicted octanol–water partition coefficient (Wildman–Crippen LogP) is 2.24. The van der Waals surface area contributed by atoms with E-state index in [1.807, 2.05) is 23.1 Å². The van der Waals surface area contributed by atoms with Crippen molar-refractivity contribution in [3.63, 3.8) is 0 Å². The van der Waals surface area contributed by atoms with E-state index >= 15 is 0 Å². The molecule has 1 aromatic carbocycles. The minimum Gasteiger partial charge on any atom is -0.496 e. The number of hydrogen-bond donors (Lipinski definition) is 1.